The Bertz CT molecular complexity index is 676. The first-order valence-electron chi connectivity index (χ1n) is 5.57. The van der Waals surface area contributed by atoms with E-state index in [9.17, 15) is 14.9 Å². The summed E-state index contributed by atoms with van der Waals surface area (Å²) in [6, 6.07) is 7.04. The zero-order valence-corrected chi connectivity index (χ0v) is 10.2. The van der Waals surface area contributed by atoms with Crippen molar-refractivity contribution < 1.29 is 4.92 Å². The van der Waals surface area contributed by atoms with Crippen molar-refractivity contribution in [2.45, 2.75) is 13.5 Å². The highest BCUT2D eigenvalue weighted by Crippen LogP contribution is 2.13. The Morgan fingerprint density at radius 3 is 2.53 bits per heavy atom. The number of nitrogens with zero attached hydrogens (tertiary/aromatic N) is 3. The number of nitro groups is 1. The van der Waals surface area contributed by atoms with E-state index in [2.05, 4.69) is 5.10 Å². The number of hydrogen-bond donors (Lipinski definition) is 1. The van der Waals surface area contributed by atoms with Crippen molar-refractivity contribution in [3.8, 4) is 5.69 Å². The summed E-state index contributed by atoms with van der Waals surface area (Å²) >= 11 is 0. The predicted molar refractivity (Wildman–Crippen MR) is 69.1 cm³/mol. The molecule has 1 heterocycles. The summed E-state index contributed by atoms with van der Waals surface area (Å²) in [7, 11) is 0. The lowest BCUT2D eigenvalue weighted by atomic mass is 10.2. The molecule has 0 bridgehead atoms. The monoisotopic (exact) mass is 260 g/mol. The van der Waals surface area contributed by atoms with E-state index in [1.165, 1.54) is 35.0 Å². The molecule has 0 aliphatic carbocycles. The van der Waals surface area contributed by atoms with Crippen molar-refractivity contribution in [1.29, 1.82) is 0 Å². The number of benzene rings is 1. The topological polar surface area (TPSA) is 104 Å². The van der Waals surface area contributed by atoms with Crippen LogP contribution in [0, 0.1) is 17.0 Å². The van der Waals surface area contributed by atoms with Gasteiger partial charge in [0.15, 0.2) is 0 Å². The maximum atomic E-state index is 11.9. The molecule has 2 N–H and O–H groups in total. The van der Waals surface area contributed by atoms with Crippen LogP contribution < -0.4 is 11.3 Å². The molecule has 0 aliphatic heterocycles. The largest absolute Gasteiger partial charge is 0.326 e. The Morgan fingerprint density at radius 1 is 1.37 bits per heavy atom. The van der Waals surface area contributed by atoms with Crippen LogP contribution in [0.3, 0.4) is 0 Å². The summed E-state index contributed by atoms with van der Waals surface area (Å²) in [5.41, 5.74) is 6.95. The lowest BCUT2D eigenvalue weighted by Gasteiger charge is -2.07. The van der Waals surface area contributed by atoms with Gasteiger partial charge in [0, 0.05) is 24.7 Å². The van der Waals surface area contributed by atoms with Gasteiger partial charge in [-0.3, -0.25) is 14.9 Å². The maximum Gasteiger partial charge on any atom is 0.271 e. The molecule has 19 heavy (non-hydrogen) atoms. The zero-order chi connectivity index (χ0) is 14.0. The van der Waals surface area contributed by atoms with Gasteiger partial charge < -0.3 is 5.73 Å². The Hall–Kier alpha value is -2.54. The van der Waals surface area contributed by atoms with Crippen LogP contribution in [0.2, 0.25) is 0 Å². The van der Waals surface area contributed by atoms with Gasteiger partial charge in [0.05, 0.1) is 16.3 Å². The quantitative estimate of drug-likeness (QED) is 0.652. The number of hydrogen-bond acceptors (Lipinski definition) is 5. The smallest absolute Gasteiger partial charge is 0.271 e. The fourth-order valence-electron chi connectivity index (χ4n) is 1.69. The van der Waals surface area contributed by atoms with Crippen molar-refractivity contribution in [3.63, 3.8) is 0 Å². The number of aromatic nitrogens is 2. The van der Waals surface area contributed by atoms with Crippen LogP contribution in [0.4, 0.5) is 5.69 Å². The molecule has 0 spiro atoms. The maximum absolute atomic E-state index is 11.9. The molecule has 0 radical (unpaired) electrons. The Labute approximate surface area is 108 Å². The minimum absolute atomic E-state index is 0.0351. The SMILES string of the molecule is Cc1nn(-c2ccc([N+](=O)[O-])cc2)c(=O)cc1CN. The third kappa shape index (κ3) is 2.50. The molecule has 0 saturated carbocycles. The molecule has 7 nitrogen and oxygen atoms in total. The fourth-order valence-corrected chi connectivity index (χ4v) is 1.69. The molecular weight excluding hydrogens is 248 g/mol. The molecule has 0 atom stereocenters. The van der Waals surface area contributed by atoms with E-state index in [1.807, 2.05) is 0 Å². The Kier molecular flexibility index (Phi) is 3.39. The molecule has 2 aromatic rings. The lowest BCUT2D eigenvalue weighted by molar-refractivity contribution is -0.384. The van der Waals surface area contributed by atoms with Crippen molar-refractivity contribution in [1.82, 2.24) is 9.78 Å². The third-order valence-corrected chi connectivity index (χ3v) is 2.75. The van der Waals surface area contributed by atoms with Crippen molar-refractivity contribution in [3.05, 3.63) is 62.1 Å². The van der Waals surface area contributed by atoms with Crippen LogP contribution >= 0.6 is 0 Å². The van der Waals surface area contributed by atoms with Crippen LogP contribution in [0.5, 0.6) is 0 Å². The first kappa shape index (κ1) is 12.9. The van der Waals surface area contributed by atoms with Crippen molar-refractivity contribution in [2.24, 2.45) is 5.73 Å². The van der Waals surface area contributed by atoms with Crippen LogP contribution in [0.25, 0.3) is 5.69 Å². The number of rotatable bonds is 3. The van der Waals surface area contributed by atoms with Gasteiger partial charge in [-0.15, -0.1) is 0 Å². The first-order valence-corrected chi connectivity index (χ1v) is 5.57. The zero-order valence-electron chi connectivity index (χ0n) is 10.2. The molecule has 7 heteroatoms. The molecule has 0 amide bonds. The van der Waals surface area contributed by atoms with E-state index in [1.54, 1.807) is 6.92 Å². The molecule has 2 rings (SSSR count). The van der Waals surface area contributed by atoms with Crippen LogP contribution in [0.15, 0.2) is 35.1 Å². The Balaban J connectivity index is 2.50. The number of aryl methyl sites for hydroxylation is 1. The van der Waals surface area contributed by atoms with E-state index in [-0.39, 0.29) is 17.8 Å². The van der Waals surface area contributed by atoms with Gasteiger partial charge in [0.25, 0.3) is 11.2 Å². The normalized spacial score (nSPS) is 10.4. The van der Waals surface area contributed by atoms with Gasteiger partial charge in [-0.2, -0.15) is 9.78 Å². The van der Waals surface area contributed by atoms with Gasteiger partial charge in [0.2, 0.25) is 0 Å². The number of nitro benzene ring substituents is 1. The molecular formula is C12H12N4O3. The summed E-state index contributed by atoms with van der Waals surface area (Å²) in [5.74, 6) is 0. The highest BCUT2D eigenvalue weighted by atomic mass is 16.6. The molecule has 98 valence electrons. The van der Waals surface area contributed by atoms with E-state index in [4.69, 9.17) is 5.73 Å². The first-order chi connectivity index (χ1) is 9.02. The minimum atomic E-state index is -0.497. The van der Waals surface area contributed by atoms with Gasteiger partial charge in [-0.1, -0.05) is 0 Å². The van der Waals surface area contributed by atoms with Crippen LogP contribution in [-0.2, 0) is 6.54 Å². The standard InChI is InChI=1S/C12H12N4O3/c1-8-9(7-13)6-12(17)15(14-8)10-2-4-11(5-3-10)16(18)19/h2-6H,7,13H2,1H3. The summed E-state index contributed by atoms with van der Waals surface area (Å²) in [6.45, 7) is 2.00. The second-order valence-corrected chi connectivity index (χ2v) is 3.98. The second kappa shape index (κ2) is 4.99. The highest BCUT2D eigenvalue weighted by Gasteiger charge is 2.08. The average Bonchev–Trinajstić information content (AvgIpc) is 2.41. The van der Waals surface area contributed by atoms with Crippen molar-refractivity contribution >= 4 is 5.69 Å². The van der Waals surface area contributed by atoms with E-state index >= 15 is 0 Å². The van der Waals surface area contributed by atoms with Gasteiger partial charge in [-0.25, -0.2) is 0 Å². The highest BCUT2D eigenvalue weighted by molar-refractivity contribution is 5.40. The van der Waals surface area contributed by atoms with E-state index in [0.717, 1.165) is 0 Å². The number of non-ortho nitro benzene ring substituents is 1. The van der Waals surface area contributed by atoms with Crippen LogP contribution in [-0.4, -0.2) is 14.7 Å². The molecule has 0 fully saturated rings. The van der Waals surface area contributed by atoms with E-state index in [0.29, 0.717) is 16.9 Å². The number of nitrogens with two attached hydrogens (primary N) is 1. The second-order valence-electron chi connectivity index (χ2n) is 3.98. The average molecular weight is 260 g/mol. The summed E-state index contributed by atoms with van der Waals surface area (Å²) in [6.07, 6.45) is 0. The van der Waals surface area contributed by atoms with Crippen molar-refractivity contribution in [2.75, 3.05) is 0 Å². The van der Waals surface area contributed by atoms with Gasteiger partial charge in [-0.05, 0) is 24.6 Å². The molecule has 0 unspecified atom stereocenters. The lowest BCUT2D eigenvalue weighted by Crippen LogP contribution is -2.23. The molecule has 0 aliphatic rings. The summed E-state index contributed by atoms with van der Waals surface area (Å²) in [4.78, 5) is 21.9. The third-order valence-electron chi connectivity index (χ3n) is 2.75. The van der Waals surface area contributed by atoms with Gasteiger partial charge in [0.1, 0.15) is 0 Å². The molecule has 1 aromatic heterocycles. The minimum Gasteiger partial charge on any atom is -0.326 e. The van der Waals surface area contributed by atoms with Gasteiger partial charge >= 0.3 is 0 Å². The Morgan fingerprint density at radius 2 is 2.00 bits per heavy atom. The fraction of sp³-hybridized carbons (Fsp3) is 0.167. The molecule has 1 aromatic carbocycles. The predicted octanol–water partition coefficient (Wildman–Crippen LogP) is 0.908. The van der Waals surface area contributed by atoms with Crippen LogP contribution in [0.1, 0.15) is 11.3 Å². The summed E-state index contributed by atoms with van der Waals surface area (Å²) < 4.78 is 1.19. The van der Waals surface area contributed by atoms with E-state index < -0.39 is 4.92 Å². The summed E-state index contributed by atoms with van der Waals surface area (Å²) in [5, 5.41) is 14.7. The molecule has 0 saturated heterocycles.